The van der Waals surface area contributed by atoms with Crippen molar-refractivity contribution in [2.75, 3.05) is 38.5 Å². The molecule has 2 heterocycles. The molecular formula is C31H37N5O. The number of para-hydroxylation sites is 2. The van der Waals surface area contributed by atoms with Crippen molar-refractivity contribution < 1.29 is 4.79 Å². The Balaban J connectivity index is 1.16. The van der Waals surface area contributed by atoms with Crippen LogP contribution in [0.3, 0.4) is 0 Å². The van der Waals surface area contributed by atoms with E-state index in [9.17, 15) is 4.79 Å². The Hall–Kier alpha value is -3.64. The van der Waals surface area contributed by atoms with E-state index in [1.54, 1.807) is 0 Å². The number of piperidine rings is 1. The van der Waals surface area contributed by atoms with E-state index >= 15 is 0 Å². The zero-order valence-corrected chi connectivity index (χ0v) is 21.9. The molecular weight excluding hydrogens is 458 g/mol. The Morgan fingerprint density at radius 2 is 1.62 bits per heavy atom. The smallest absolute Gasteiger partial charge is 0.253 e. The van der Waals surface area contributed by atoms with Gasteiger partial charge in [0, 0.05) is 51.3 Å². The van der Waals surface area contributed by atoms with Gasteiger partial charge in [-0.15, -0.1) is 0 Å². The molecule has 1 aliphatic rings. The molecule has 1 N–H and O–H groups in total. The highest BCUT2D eigenvalue weighted by Crippen LogP contribution is 2.24. The zero-order valence-electron chi connectivity index (χ0n) is 21.9. The van der Waals surface area contributed by atoms with Gasteiger partial charge in [0.2, 0.25) is 5.95 Å². The maximum atomic E-state index is 13.0. The van der Waals surface area contributed by atoms with Crippen molar-refractivity contribution in [2.24, 2.45) is 7.05 Å². The number of likely N-dealkylation sites (tertiary alicyclic amines) is 1. The SMILES string of the molecule is CN(CC(CCN1CCC(Nc2nc3ccccc3n2C)CC1)c1ccccc1)C(=O)c1ccccc1. The fourth-order valence-electron chi connectivity index (χ4n) is 5.40. The van der Waals surface area contributed by atoms with Crippen molar-refractivity contribution in [2.45, 2.75) is 31.2 Å². The second-order valence-electron chi connectivity index (χ2n) is 10.2. The Labute approximate surface area is 219 Å². The number of hydrogen-bond acceptors (Lipinski definition) is 4. The van der Waals surface area contributed by atoms with Gasteiger partial charge in [-0.3, -0.25) is 4.79 Å². The van der Waals surface area contributed by atoms with Crippen LogP contribution in [-0.4, -0.2) is 64.5 Å². The molecule has 4 aromatic rings. The van der Waals surface area contributed by atoms with E-state index in [0.29, 0.717) is 18.5 Å². The van der Waals surface area contributed by atoms with Crippen molar-refractivity contribution >= 4 is 22.9 Å². The molecule has 6 nitrogen and oxygen atoms in total. The minimum Gasteiger partial charge on any atom is -0.353 e. The lowest BCUT2D eigenvalue weighted by Crippen LogP contribution is -2.40. The van der Waals surface area contributed by atoms with Gasteiger partial charge in [0.05, 0.1) is 11.0 Å². The number of anilines is 1. The highest BCUT2D eigenvalue weighted by Gasteiger charge is 2.23. The van der Waals surface area contributed by atoms with Gasteiger partial charge in [0.25, 0.3) is 5.91 Å². The average molecular weight is 496 g/mol. The molecule has 1 unspecified atom stereocenters. The van der Waals surface area contributed by atoms with Gasteiger partial charge in [-0.05, 0) is 55.6 Å². The normalized spacial score (nSPS) is 15.5. The summed E-state index contributed by atoms with van der Waals surface area (Å²) in [5, 5.41) is 3.68. The molecule has 0 spiro atoms. The second-order valence-corrected chi connectivity index (χ2v) is 10.2. The fourth-order valence-corrected chi connectivity index (χ4v) is 5.40. The van der Waals surface area contributed by atoms with Gasteiger partial charge in [-0.1, -0.05) is 60.7 Å². The predicted octanol–water partition coefficient (Wildman–Crippen LogP) is 5.40. The molecule has 0 bridgehead atoms. The van der Waals surface area contributed by atoms with Crippen molar-refractivity contribution in [3.8, 4) is 0 Å². The number of amides is 1. The molecule has 192 valence electrons. The van der Waals surface area contributed by atoms with Gasteiger partial charge >= 0.3 is 0 Å². The number of rotatable bonds is 9. The number of likely N-dealkylation sites (N-methyl/N-ethyl adjacent to an activating group) is 1. The molecule has 0 radical (unpaired) electrons. The van der Waals surface area contributed by atoms with E-state index in [4.69, 9.17) is 4.98 Å². The third kappa shape index (κ3) is 6.03. The highest BCUT2D eigenvalue weighted by molar-refractivity contribution is 5.94. The lowest BCUT2D eigenvalue weighted by Gasteiger charge is -2.34. The lowest BCUT2D eigenvalue weighted by molar-refractivity contribution is 0.0782. The topological polar surface area (TPSA) is 53.4 Å². The van der Waals surface area contributed by atoms with Crippen LogP contribution in [0.4, 0.5) is 5.95 Å². The molecule has 1 aliphatic heterocycles. The third-order valence-corrected chi connectivity index (χ3v) is 7.63. The molecule has 0 saturated carbocycles. The molecule has 1 atom stereocenters. The minimum atomic E-state index is 0.0790. The minimum absolute atomic E-state index is 0.0790. The molecule has 6 heteroatoms. The van der Waals surface area contributed by atoms with Crippen LogP contribution in [0.2, 0.25) is 0 Å². The van der Waals surface area contributed by atoms with Crippen LogP contribution in [0.1, 0.15) is 41.1 Å². The summed E-state index contributed by atoms with van der Waals surface area (Å²) in [6, 6.07) is 28.9. The van der Waals surface area contributed by atoms with Crippen LogP contribution in [0.5, 0.6) is 0 Å². The lowest BCUT2D eigenvalue weighted by atomic mass is 9.94. The zero-order chi connectivity index (χ0) is 25.6. The summed E-state index contributed by atoms with van der Waals surface area (Å²) in [5.41, 5.74) is 4.23. The highest BCUT2D eigenvalue weighted by atomic mass is 16.2. The molecule has 1 saturated heterocycles. The number of carbonyl (C=O) groups excluding carboxylic acids is 1. The predicted molar refractivity (Wildman–Crippen MR) is 151 cm³/mol. The van der Waals surface area contributed by atoms with E-state index in [0.717, 1.165) is 61.4 Å². The summed E-state index contributed by atoms with van der Waals surface area (Å²) in [4.78, 5) is 22.2. The summed E-state index contributed by atoms with van der Waals surface area (Å²) in [6.45, 7) is 3.89. The van der Waals surface area contributed by atoms with Crippen LogP contribution in [0.25, 0.3) is 11.0 Å². The largest absolute Gasteiger partial charge is 0.353 e. The Morgan fingerprint density at radius 1 is 0.973 bits per heavy atom. The molecule has 3 aromatic carbocycles. The van der Waals surface area contributed by atoms with Crippen molar-refractivity contribution in [3.63, 3.8) is 0 Å². The molecule has 1 amide bonds. The van der Waals surface area contributed by atoms with Crippen LogP contribution < -0.4 is 5.32 Å². The second kappa shape index (κ2) is 11.6. The Morgan fingerprint density at radius 3 is 2.32 bits per heavy atom. The molecule has 5 rings (SSSR count). The van der Waals surface area contributed by atoms with Crippen LogP contribution >= 0.6 is 0 Å². The van der Waals surface area contributed by atoms with Gasteiger partial charge < -0.3 is 19.7 Å². The standard InChI is InChI=1S/C31H37N5O/c1-34(30(37)25-13-7-4-8-14-25)23-26(24-11-5-3-6-12-24)17-20-36-21-18-27(19-22-36)32-31-33-28-15-9-10-16-29(28)35(31)2/h3-16,26-27H,17-23H2,1-2H3,(H,32,33). The van der Waals surface area contributed by atoms with Crippen molar-refractivity contribution in [1.82, 2.24) is 19.4 Å². The average Bonchev–Trinajstić information content (AvgIpc) is 3.27. The number of aryl methyl sites for hydroxylation is 1. The van der Waals surface area contributed by atoms with E-state index in [1.807, 2.05) is 48.3 Å². The van der Waals surface area contributed by atoms with E-state index in [2.05, 4.69) is 70.4 Å². The number of fused-ring (bicyclic) bond motifs is 1. The summed E-state index contributed by atoms with van der Waals surface area (Å²) in [6.07, 6.45) is 3.23. The number of hydrogen-bond donors (Lipinski definition) is 1. The van der Waals surface area contributed by atoms with Gasteiger partial charge in [0.1, 0.15) is 0 Å². The fraction of sp³-hybridized carbons (Fsp3) is 0.355. The van der Waals surface area contributed by atoms with E-state index in [1.165, 1.54) is 5.56 Å². The summed E-state index contributed by atoms with van der Waals surface area (Å²) >= 11 is 0. The molecule has 37 heavy (non-hydrogen) atoms. The van der Waals surface area contributed by atoms with Crippen LogP contribution in [-0.2, 0) is 7.05 Å². The van der Waals surface area contributed by atoms with Gasteiger partial charge in [-0.2, -0.15) is 0 Å². The summed E-state index contributed by atoms with van der Waals surface area (Å²) in [5.74, 6) is 1.33. The van der Waals surface area contributed by atoms with Gasteiger partial charge in [0.15, 0.2) is 0 Å². The molecule has 1 fully saturated rings. The van der Waals surface area contributed by atoms with E-state index in [-0.39, 0.29) is 5.91 Å². The first-order valence-electron chi connectivity index (χ1n) is 13.3. The first kappa shape index (κ1) is 25.0. The Bertz CT molecular complexity index is 1300. The van der Waals surface area contributed by atoms with Crippen molar-refractivity contribution in [3.05, 3.63) is 96.1 Å². The first-order valence-corrected chi connectivity index (χ1v) is 13.3. The number of imidazole rings is 1. The van der Waals surface area contributed by atoms with E-state index < -0.39 is 0 Å². The number of nitrogens with one attached hydrogen (secondary N) is 1. The Kier molecular flexibility index (Phi) is 7.85. The quantitative estimate of drug-likeness (QED) is 0.338. The molecule has 0 aliphatic carbocycles. The van der Waals surface area contributed by atoms with Crippen molar-refractivity contribution in [1.29, 1.82) is 0 Å². The van der Waals surface area contributed by atoms with Crippen LogP contribution in [0.15, 0.2) is 84.9 Å². The van der Waals surface area contributed by atoms with Crippen LogP contribution in [0, 0.1) is 0 Å². The van der Waals surface area contributed by atoms with Gasteiger partial charge in [-0.25, -0.2) is 4.98 Å². The number of aromatic nitrogens is 2. The summed E-state index contributed by atoms with van der Waals surface area (Å²) < 4.78 is 2.15. The maximum Gasteiger partial charge on any atom is 0.253 e. The first-order chi connectivity index (χ1) is 18.1. The molecule has 1 aromatic heterocycles. The number of nitrogens with zero attached hydrogens (tertiary/aromatic N) is 4. The summed E-state index contributed by atoms with van der Waals surface area (Å²) in [7, 11) is 4.00. The number of benzene rings is 3. The number of carbonyl (C=O) groups is 1. The maximum absolute atomic E-state index is 13.0. The third-order valence-electron chi connectivity index (χ3n) is 7.63. The monoisotopic (exact) mass is 495 g/mol.